The number of unbranched alkanes of at least 4 members (excludes halogenated alkanes) is 8. The minimum absolute atomic E-state index is 0.363. The first-order valence-electron chi connectivity index (χ1n) is 8.78. The van der Waals surface area contributed by atoms with Crippen molar-refractivity contribution in [2.45, 2.75) is 90.9 Å². The van der Waals surface area contributed by atoms with E-state index in [2.05, 4.69) is 19.2 Å². The third kappa shape index (κ3) is 6.58. The van der Waals surface area contributed by atoms with Crippen LogP contribution in [-0.2, 0) is 4.79 Å². The molecule has 20 heavy (non-hydrogen) atoms. The van der Waals surface area contributed by atoms with Crippen molar-refractivity contribution in [2.24, 2.45) is 0 Å². The summed E-state index contributed by atoms with van der Waals surface area (Å²) < 4.78 is 0. The number of Topliss-reactive ketones (excluding diaryl/α,β-unsaturated/α-hetero) is 1. The van der Waals surface area contributed by atoms with Gasteiger partial charge in [0.1, 0.15) is 0 Å². The zero-order valence-corrected chi connectivity index (χ0v) is 13.6. The molecule has 2 nitrogen and oxygen atoms in total. The number of hydrogen-bond acceptors (Lipinski definition) is 2. The number of nitrogens with one attached hydrogen (secondary N) is 1. The lowest BCUT2D eigenvalue weighted by Crippen LogP contribution is -2.15. The van der Waals surface area contributed by atoms with Crippen molar-refractivity contribution in [2.75, 3.05) is 6.54 Å². The molecule has 116 valence electrons. The van der Waals surface area contributed by atoms with Crippen molar-refractivity contribution < 1.29 is 4.79 Å². The Balaban J connectivity index is 1.95. The third-order valence-electron chi connectivity index (χ3n) is 4.28. The predicted molar refractivity (Wildman–Crippen MR) is 86.8 cm³/mol. The minimum Gasteiger partial charge on any atom is -0.388 e. The Kier molecular flexibility index (Phi) is 9.44. The van der Waals surface area contributed by atoms with Crippen LogP contribution in [0.1, 0.15) is 90.9 Å². The van der Waals surface area contributed by atoms with Crippen molar-refractivity contribution in [1.29, 1.82) is 0 Å². The van der Waals surface area contributed by atoms with E-state index in [1.807, 2.05) is 0 Å². The van der Waals surface area contributed by atoms with Crippen LogP contribution in [0.5, 0.6) is 0 Å². The summed E-state index contributed by atoms with van der Waals surface area (Å²) in [6.07, 6.45) is 14.9. The fourth-order valence-corrected chi connectivity index (χ4v) is 2.99. The van der Waals surface area contributed by atoms with Crippen molar-refractivity contribution in [3.8, 4) is 0 Å². The van der Waals surface area contributed by atoms with E-state index in [-0.39, 0.29) is 0 Å². The minimum atomic E-state index is 0.363. The van der Waals surface area contributed by atoms with E-state index >= 15 is 0 Å². The number of hydrogen-bond donors (Lipinski definition) is 1. The normalized spacial score (nSPS) is 15.2. The van der Waals surface area contributed by atoms with E-state index in [1.165, 1.54) is 63.5 Å². The van der Waals surface area contributed by atoms with E-state index < -0.39 is 0 Å². The molecule has 0 unspecified atom stereocenters. The van der Waals surface area contributed by atoms with Gasteiger partial charge in [-0.15, -0.1) is 0 Å². The van der Waals surface area contributed by atoms with Crippen LogP contribution in [0.25, 0.3) is 0 Å². The number of carbonyl (C=O) groups is 1. The zero-order chi connectivity index (χ0) is 14.6. The molecule has 1 aliphatic rings. The van der Waals surface area contributed by atoms with E-state index in [0.29, 0.717) is 5.78 Å². The average molecular weight is 279 g/mol. The summed E-state index contributed by atoms with van der Waals surface area (Å²) in [5, 5.41) is 3.49. The summed E-state index contributed by atoms with van der Waals surface area (Å²) in [6, 6.07) is 0. The summed E-state index contributed by atoms with van der Waals surface area (Å²) >= 11 is 0. The first kappa shape index (κ1) is 17.3. The predicted octanol–water partition coefficient (Wildman–Crippen LogP) is 5.13. The SMILES string of the molecule is CCCCCCCCCCCNC1=C(CC)C(=O)CC1. The Morgan fingerprint density at radius 3 is 2.05 bits per heavy atom. The van der Waals surface area contributed by atoms with Crippen LogP contribution in [0.2, 0.25) is 0 Å². The molecule has 0 spiro atoms. The summed E-state index contributed by atoms with van der Waals surface area (Å²) in [5.74, 6) is 0.363. The van der Waals surface area contributed by atoms with Crippen LogP contribution in [0.3, 0.4) is 0 Å². The van der Waals surface area contributed by atoms with Gasteiger partial charge < -0.3 is 5.32 Å². The molecule has 0 aliphatic heterocycles. The smallest absolute Gasteiger partial charge is 0.160 e. The van der Waals surface area contributed by atoms with Gasteiger partial charge in [-0.2, -0.15) is 0 Å². The molecule has 0 amide bonds. The Labute approximate surface area is 125 Å². The standard InChI is InChI=1S/C18H33NO/c1-3-5-6-7-8-9-10-11-12-15-19-17-13-14-18(20)16(17)4-2/h19H,3-15H2,1-2H3. The van der Waals surface area contributed by atoms with E-state index in [1.54, 1.807) is 0 Å². The second kappa shape index (κ2) is 10.9. The van der Waals surface area contributed by atoms with Crippen LogP contribution in [0, 0.1) is 0 Å². The molecule has 0 radical (unpaired) electrons. The van der Waals surface area contributed by atoms with Crippen molar-refractivity contribution in [3.05, 3.63) is 11.3 Å². The lowest BCUT2D eigenvalue weighted by molar-refractivity contribution is -0.115. The van der Waals surface area contributed by atoms with Crippen LogP contribution >= 0.6 is 0 Å². The van der Waals surface area contributed by atoms with Gasteiger partial charge in [-0.1, -0.05) is 65.2 Å². The molecule has 0 atom stereocenters. The highest BCUT2D eigenvalue weighted by Gasteiger charge is 2.20. The van der Waals surface area contributed by atoms with Gasteiger partial charge in [0.15, 0.2) is 5.78 Å². The molecule has 0 saturated carbocycles. The molecule has 0 aromatic carbocycles. The molecular formula is C18H33NO. The molecule has 2 heteroatoms. The third-order valence-corrected chi connectivity index (χ3v) is 4.28. The molecule has 1 N–H and O–H groups in total. The van der Waals surface area contributed by atoms with Gasteiger partial charge in [0.25, 0.3) is 0 Å². The molecule has 0 fully saturated rings. The first-order valence-corrected chi connectivity index (χ1v) is 8.78. The van der Waals surface area contributed by atoms with E-state index in [0.717, 1.165) is 31.4 Å². The highest BCUT2D eigenvalue weighted by molar-refractivity contribution is 5.98. The zero-order valence-electron chi connectivity index (χ0n) is 13.6. The lowest BCUT2D eigenvalue weighted by atomic mass is 10.1. The number of allylic oxidation sites excluding steroid dienone is 2. The largest absolute Gasteiger partial charge is 0.388 e. The Hall–Kier alpha value is -0.790. The van der Waals surface area contributed by atoms with E-state index in [9.17, 15) is 4.79 Å². The highest BCUT2D eigenvalue weighted by Crippen LogP contribution is 2.23. The summed E-state index contributed by atoms with van der Waals surface area (Å²) in [7, 11) is 0. The second-order valence-corrected chi connectivity index (χ2v) is 5.99. The van der Waals surface area contributed by atoms with Crippen molar-refractivity contribution in [3.63, 3.8) is 0 Å². The van der Waals surface area contributed by atoms with Gasteiger partial charge in [-0.3, -0.25) is 4.79 Å². The van der Waals surface area contributed by atoms with Gasteiger partial charge in [0.05, 0.1) is 0 Å². The molecule has 1 rings (SSSR count). The molecule has 0 aromatic rings. The van der Waals surface area contributed by atoms with Crippen molar-refractivity contribution in [1.82, 2.24) is 5.32 Å². The maximum absolute atomic E-state index is 11.6. The molecule has 0 heterocycles. The number of carbonyl (C=O) groups excluding carboxylic acids is 1. The fourth-order valence-electron chi connectivity index (χ4n) is 2.99. The second-order valence-electron chi connectivity index (χ2n) is 5.99. The Morgan fingerprint density at radius 2 is 1.45 bits per heavy atom. The summed E-state index contributed by atoms with van der Waals surface area (Å²) in [5.41, 5.74) is 2.29. The van der Waals surface area contributed by atoms with Gasteiger partial charge in [-0.05, 0) is 19.3 Å². The van der Waals surface area contributed by atoms with Gasteiger partial charge in [0.2, 0.25) is 0 Å². The van der Waals surface area contributed by atoms with Crippen LogP contribution in [0.4, 0.5) is 0 Å². The maximum atomic E-state index is 11.6. The molecule has 1 aliphatic carbocycles. The quantitative estimate of drug-likeness (QED) is 0.501. The molecule has 0 saturated heterocycles. The molecule has 0 bridgehead atoms. The topological polar surface area (TPSA) is 29.1 Å². The van der Waals surface area contributed by atoms with E-state index in [4.69, 9.17) is 0 Å². The van der Waals surface area contributed by atoms with Crippen LogP contribution in [-0.4, -0.2) is 12.3 Å². The maximum Gasteiger partial charge on any atom is 0.160 e. The fraction of sp³-hybridized carbons (Fsp3) is 0.833. The van der Waals surface area contributed by atoms with Crippen molar-refractivity contribution >= 4 is 5.78 Å². The Morgan fingerprint density at radius 1 is 0.850 bits per heavy atom. The molecule has 0 aromatic heterocycles. The molecular weight excluding hydrogens is 246 g/mol. The van der Waals surface area contributed by atoms with Gasteiger partial charge >= 0.3 is 0 Å². The number of rotatable bonds is 12. The van der Waals surface area contributed by atoms with Gasteiger partial charge in [0, 0.05) is 24.2 Å². The number of ketones is 1. The summed E-state index contributed by atoms with van der Waals surface area (Å²) in [6.45, 7) is 5.39. The monoisotopic (exact) mass is 279 g/mol. The van der Waals surface area contributed by atoms with Gasteiger partial charge in [-0.25, -0.2) is 0 Å². The Bertz CT molecular complexity index is 307. The lowest BCUT2D eigenvalue weighted by Gasteiger charge is -2.09. The summed E-state index contributed by atoms with van der Waals surface area (Å²) in [4.78, 5) is 11.6. The van der Waals surface area contributed by atoms with Crippen LogP contribution in [0.15, 0.2) is 11.3 Å². The highest BCUT2D eigenvalue weighted by atomic mass is 16.1. The average Bonchev–Trinajstić information content (AvgIpc) is 2.81. The van der Waals surface area contributed by atoms with Crippen LogP contribution < -0.4 is 5.32 Å². The first-order chi connectivity index (χ1) is 9.79.